The summed E-state index contributed by atoms with van der Waals surface area (Å²) in [5.74, 6) is -0.841. The lowest BCUT2D eigenvalue weighted by atomic mass is 9.94. The highest BCUT2D eigenvalue weighted by Crippen LogP contribution is 2.24. The van der Waals surface area contributed by atoms with E-state index < -0.39 is 23.7 Å². The largest absolute Gasteiger partial charge is 0.347 e. The third-order valence-electron chi connectivity index (χ3n) is 3.04. The minimum absolute atomic E-state index is 0.370. The zero-order valence-corrected chi connectivity index (χ0v) is 10.4. The lowest BCUT2D eigenvalue weighted by Crippen LogP contribution is -2.53. The molecule has 2 heterocycles. The molecular weight excluding hydrogens is 236 g/mol. The van der Waals surface area contributed by atoms with Crippen molar-refractivity contribution >= 4 is 11.9 Å². The number of aryl methyl sites for hydroxylation is 2. The average molecular weight is 250 g/mol. The van der Waals surface area contributed by atoms with E-state index in [4.69, 9.17) is 0 Å². The lowest BCUT2D eigenvalue weighted by Gasteiger charge is -2.29. The molecule has 1 aliphatic heterocycles. The molecular formula is C11H14N4O3. The molecule has 1 aromatic heterocycles. The highest BCUT2D eigenvalue weighted by Gasteiger charge is 2.34. The number of aromatic nitrogens is 2. The predicted octanol–water partition coefficient (Wildman–Crippen LogP) is -0.395. The first-order valence-electron chi connectivity index (χ1n) is 5.55. The van der Waals surface area contributed by atoms with Gasteiger partial charge in [0, 0.05) is 13.2 Å². The smallest absolute Gasteiger partial charge is 0.329 e. The molecule has 0 radical (unpaired) electrons. The van der Waals surface area contributed by atoms with Crippen LogP contribution in [0.4, 0.5) is 4.79 Å². The second-order valence-corrected chi connectivity index (χ2v) is 4.43. The van der Waals surface area contributed by atoms with Crippen molar-refractivity contribution in [3.8, 4) is 0 Å². The summed E-state index contributed by atoms with van der Waals surface area (Å²) >= 11 is 0. The Labute approximate surface area is 103 Å². The van der Waals surface area contributed by atoms with E-state index in [0.717, 1.165) is 5.56 Å². The van der Waals surface area contributed by atoms with E-state index in [1.807, 2.05) is 0 Å². The monoisotopic (exact) mass is 250 g/mol. The van der Waals surface area contributed by atoms with Crippen LogP contribution in [-0.2, 0) is 11.8 Å². The maximum absolute atomic E-state index is 11.6. The van der Waals surface area contributed by atoms with Gasteiger partial charge in [0.2, 0.25) is 5.91 Å². The van der Waals surface area contributed by atoms with Crippen molar-refractivity contribution in [3.63, 3.8) is 0 Å². The molecule has 0 unspecified atom stereocenters. The molecule has 96 valence electrons. The Kier molecular flexibility index (Phi) is 2.90. The van der Waals surface area contributed by atoms with Crippen molar-refractivity contribution in [3.05, 3.63) is 27.9 Å². The van der Waals surface area contributed by atoms with Gasteiger partial charge in [-0.3, -0.25) is 10.1 Å². The topological polar surface area (TPSA) is 93.1 Å². The second-order valence-electron chi connectivity index (χ2n) is 4.43. The number of imide groups is 1. The Balaban J connectivity index is 2.47. The summed E-state index contributed by atoms with van der Waals surface area (Å²) in [7, 11) is 1.60. The fraction of sp³-hybridized carbons (Fsp3) is 0.455. The van der Waals surface area contributed by atoms with Crippen LogP contribution in [0.1, 0.15) is 24.2 Å². The molecule has 3 amide bonds. The molecule has 1 fully saturated rings. The number of hydrogen-bond donors (Lipinski definition) is 2. The normalized spacial score (nSPS) is 23.5. The van der Waals surface area contributed by atoms with Gasteiger partial charge >= 0.3 is 11.7 Å². The van der Waals surface area contributed by atoms with E-state index in [-0.39, 0.29) is 5.91 Å². The van der Waals surface area contributed by atoms with Crippen molar-refractivity contribution in [2.75, 3.05) is 0 Å². The average Bonchev–Trinajstić information content (AvgIpc) is 2.29. The number of nitrogens with zero attached hydrogens (tertiary/aromatic N) is 2. The first-order valence-corrected chi connectivity index (χ1v) is 5.55. The van der Waals surface area contributed by atoms with Crippen LogP contribution < -0.4 is 16.3 Å². The third-order valence-corrected chi connectivity index (χ3v) is 3.04. The summed E-state index contributed by atoms with van der Waals surface area (Å²) in [4.78, 5) is 38.4. The molecule has 2 N–H and O–H groups in total. The molecule has 7 heteroatoms. The molecule has 2 rings (SSSR count). The number of carbonyl (C=O) groups excluding carboxylic acids is 2. The highest BCUT2D eigenvalue weighted by molar-refractivity contribution is 5.98. The second kappa shape index (κ2) is 4.25. The summed E-state index contributed by atoms with van der Waals surface area (Å²) in [5.41, 5.74) is 0.779. The maximum atomic E-state index is 11.6. The number of amides is 3. The fourth-order valence-electron chi connectivity index (χ4n) is 1.98. The van der Waals surface area contributed by atoms with Crippen LogP contribution in [0.5, 0.6) is 0 Å². The predicted molar refractivity (Wildman–Crippen MR) is 62.8 cm³/mol. The zero-order chi connectivity index (χ0) is 13.4. The standard InChI is InChI=1S/C11H14N4O3/c1-5-4-15(3)11(18)13-7(5)8-6(2)9(16)14-10(17)12-8/h4,6,8H,1-3H3,(H2,12,14,16,17)/t6-,8-/m1/s1. The number of nitrogens with one attached hydrogen (secondary N) is 2. The Morgan fingerprint density at radius 3 is 2.67 bits per heavy atom. The van der Waals surface area contributed by atoms with Crippen LogP contribution in [0.25, 0.3) is 0 Å². The molecule has 0 spiro atoms. The Morgan fingerprint density at radius 2 is 2.00 bits per heavy atom. The van der Waals surface area contributed by atoms with Crippen LogP contribution >= 0.6 is 0 Å². The minimum atomic E-state index is -0.569. The van der Waals surface area contributed by atoms with Crippen LogP contribution in [0.3, 0.4) is 0 Å². The molecule has 1 aliphatic rings. The quantitative estimate of drug-likeness (QED) is 0.709. The Bertz CT molecular complexity index is 578. The van der Waals surface area contributed by atoms with Crippen LogP contribution in [0, 0.1) is 12.8 Å². The summed E-state index contributed by atoms with van der Waals surface area (Å²) in [6.07, 6.45) is 1.63. The molecule has 2 atom stereocenters. The lowest BCUT2D eigenvalue weighted by molar-refractivity contribution is -0.125. The first kappa shape index (κ1) is 12.3. The summed E-state index contributed by atoms with van der Waals surface area (Å²) < 4.78 is 1.36. The van der Waals surface area contributed by atoms with Gasteiger partial charge in [-0.2, -0.15) is 4.98 Å². The van der Waals surface area contributed by atoms with Gasteiger partial charge in [-0.15, -0.1) is 0 Å². The third kappa shape index (κ3) is 1.99. The van der Waals surface area contributed by atoms with Crippen molar-refractivity contribution in [1.29, 1.82) is 0 Å². The van der Waals surface area contributed by atoms with Crippen LogP contribution in [0.2, 0.25) is 0 Å². The van der Waals surface area contributed by atoms with Gasteiger partial charge in [0.1, 0.15) is 0 Å². The van der Waals surface area contributed by atoms with E-state index in [9.17, 15) is 14.4 Å². The van der Waals surface area contributed by atoms with Gasteiger partial charge in [0.05, 0.1) is 17.7 Å². The number of carbonyl (C=O) groups is 2. The zero-order valence-electron chi connectivity index (χ0n) is 10.4. The van der Waals surface area contributed by atoms with E-state index >= 15 is 0 Å². The summed E-state index contributed by atoms with van der Waals surface area (Å²) in [6, 6.07) is -1.13. The number of urea groups is 1. The fourth-order valence-corrected chi connectivity index (χ4v) is 1.98. The first-order chi connectivity index (χ1) is 8.40. The molecule has 1 aromatic rings. The molecule has 0 aliphatic carbocycles. The van der Waals surface area contributed by atoms with Gasteiger partial charge in [-0.1, -0.05) is 6.92 Å². The molecule has 0 bridgehead atoms. The summed E-state index contributed by atoms with van der Waals surface area (Å²) in [5, 5.41) is 4.79. The molecule has 7 nitrogen and oxygen atoms in total. The van der Waals surface area contributed by atoms with E-state index in [2.05, 4.69) is 15.6 Å². The van der Waals surface area contributed by atoms with Gasteiger partial charge in [-0.05, 0) is 12.5 Å². The van der Waals surface area contributed by atoms with E-state index in [1.54, 1.807) is 27.1 Å². The van der Waals surface area contributed by atoms with Gasteiger partial charge < -0.3 is 9.88 Å². The van der Waals surface area contributed by atoms with Gasteiger partial charge in [0.15, 0.2) is 0 Å². The van der Waals surface area contributed by atoms with Crippen LogP contribution in [0.15, 0.2) is 11.0 Å². The molecule has 0 aromatic carbocycles. The van der Waals surface area contributed by atoms with Crippen molar-refractivity contribution < 1.29 is 9.59 Å². The van der Waals surface area contributed by atoms with E-state index in [0.29, 0.717) is 5.69 Å². The van der Waals surface area contributed by atoms with Gasteiger partial charge in [0.25, 0.3) is 0 Å². The molecule has 1 saturated heterocycles. The molecule has 0 saturated carbocycles. The molecule has 18 heavy (non-hydrogen) atoms. The van der Waals surface area contributed by atoms with E-state index in [1.165, 1.54) is 4.57 Å². The Hall–Kier alpha value is -2.18. The van der Waals surface area contributed by atoms with Crippen LogP contribution in [-0.4, -0.2) is 21.5 Å². The highest BCUT2D eigenvalue weighted by atomic mass is 16.2. The SMILES string of the molecule is Cc1cn(C)c(=O)nc1[C@@H]1NC(=O)NC(=O)[C@@H]1C. The minimum Gasteiger partial charge on any atom is -0.329 e. The summed E-state index contributed by atoms with van der Waals surface area (Å²) in [6.45, 7) is 3.46. The van der Waals surface area contributed by atoms with Crippen molar-refractivity contribution in [2.45, 2.75) is 19.9 Å². The Morgan fingerprint density at radius 1 is 1.33 bits per heavy atom. The van der Waals surface area contributed by atoms with Crippen molar-refractivity contribution in [1.82, 2.24) is 20.2 Å². The number of hydrogen-bond acceptors (Lipinski definition) is 4. The van der Waals surface area contributed by atoms with Gasteiger partial charge in [-0.25, -0.2) is 9.59 Å². The van der Waals surface area contributed by atoms with Crippen molar-refractivity contribution in [2.24, 2.45) is 13.0 Å². The number of rotatable bonds is 1. The maximum Gasteiger partial charge on any atom is 0.347 e.